The van der Waals surface area contributed by atoms with Crippen molar-refractivity contribution in [1.29, 1.82) is 0 Å². The highest BCUT2D eigenvalue weighted by Crippen LogP contribution is 2.33. The Morgan fingerprint density at radius 2 is 1.89 bits per heavy atom. The molecule has 2 aromatic heterocycles. The summed E-state index contributed by atoms with van der Waals surface area (Å²) in [4.78, 5) is 3.69. The molecule has 0 saturated carbocycles. The van der Waals surface area contributed by atoms with Gasteiger partial charge in [0, 0.05) is 26.7 Å². The molecule has 18 heavy (non-hydrogen) atoms. The van der Waals surface area contributed by atoms with Gasteiger partial charge in [-0.25, -0.2) is 8.96 Å². The number of aromatic nitrogens is 2. The molecule has 0 unspecified atom stereocenters. The number of hydrogen-bond acceptors (Lipinski definition) is 3. The highest BCUT2D eigenvalue weighted by molar-refractivity contribution is 9.11. The van der Waals surface area contributed by atoms with E-state index in [4.69, 9.17) is 0 Å². The minimum atomic E-state index is -5.49. The molecule has 0 radical (unpaired) electrons. The maximum atomic E-state index is 12.5. The summed E-state index contributed by atoms with van der Waals surface area (Å²) in [6, 6.07) is 1.47. The third kappa shape index (κ3) is 2.05. The van der Waals surface area contributed by atoms with E-state index in [1.165, 1.54) is 12.3 Å². The Balaban J connectivity index is 2.83. The molecule has 0 bridgehead atoms. The Morgan fingerprint density at radius 1 is 1.28 bits per heavy atom. The lowest BCUT2D eigenvalue weighted by Crippen LogP contribution is -2.29. The maximum absolute atomic E-state index is 12.5. The van der Waals surface area contributed by atoms with Crippen LogP contribution in [-0.2, 0) is 10.0 Å². The lowest BCUT2D eigenvalue weighted by Gasteiger charge is -2.09. The van der Waals surface area contributed by atoms with E-state index in [0.717, 1.165) is 6.20 Å². The number of hydrogen-bond donors (Lipinski definition) is 0. The van der Waals surface area contributed by atoms with Crippen molar-refractivity contribution in [2.24, 2.45) is 0 Å². The average molecular weight is 408 g/mol. The second-order valence-electron chi connectivity index (χ2n) is 3.25. The summed E-state index contributed by atoms with van der Waals surface area (Å²) < 4.78 is 60.9. The van der Waals surface area contributed by atoms with Crippen LogP contribution < -0.4 is 0 Å². The Kier molecular flexibility index (Phi) is 3.23. The van der Waals surface area contributed by atoms with E-state index in [9.17, 15) is 21.6 Å². The summed E-state index contributed by atoms with van der Waals surface area (Å²) in [6.45, 7) is 0. The van der Waals surface area contributed by atoms with Gasteiger partial charge in [0.15, 0.2) is 5.65 Å². The first-order valence-electron chi connectivity index (χ1n) is 4.28. The van der Waals surface area contributed by atoms with Crippen molar-refractivity contribution in [2.45, 2.75) is 5.51 Å². The summed E-state index contributed by atoms with van der Waals surface area (Å²) in [6.07, 6.45) is 2.05. The molecule has 0 amide bonds. The van der Waals surface area contributed by atoms with Crippen molar-refractivity contribution in [1.82, 2.24) is 8.96 Å². The molecular formula is C8H3Br2F3N2O2S. The van der Waals surface area contributed by atoms with Gasteiger partial charge in [-0.2, -0.15) is 21.6 Å². The van der Waals surface area contributed by atoms with Crippen LogP contribution in [0.15, 0.2) is 27.4 Å². The van der Waals surface area contributed by atoms with E-state index in [1.807, 2.05) is 0 Å². The van der Waals surface area contributed by atoms with Crippen LogP contribution >= 0.6 is 31.9 Å². The van der Waals surface area contributed by atoms with E-state index in [1.54, 1.807) is 0 Å². The summed E-state index contributed by atoms with van der Waals surface area (Å²) in [5.41, 5.74) is -5.67. The normalized spacial score (nSPS) is 13.2. The first-order chi connectivity index (χ1) is 8.14. The fraction of sp³-hybridized carbons (Fsp3) is 0.125. The lowest BCUT2D eigenvalue weighted by molar-refractivity contribution is -0.0445. The summed E-state index contributed by atoms with van der Waals surface area (Å²) in [7, 11) is -5.49. The van der Waals surface area contributed by atoms with E-state index in [-0.39, 0.29) is 19.5 Å². The van der Waals surface area contributed by atoms with Gasteiger partial charge in [-0.05, 0) is 37.9 Å². The molecule has 0 aliphatic rings. The maximum Gasteiger partial charge on any atom is 0.517 e. The fourth-order valence-corrected chi connectivity index (χ4v) is 3.12. The van der Waals surface area contributed by atoms with Crippen molar-refractivity contribution < 1.29 is 21.6 Å². The second kappa shape index (κ2) is 4.20. The zero-order valence-corrected chi connectivity index (χ0v) is 12.2. The molecule has 0 fully saturated rings. The summed E-state index contributed by atoms with van der Waals surface area (Å²) in [5, 5.41) is 0.261. The smallest absolute Gasteiger partial charge is 0.236 e. The van der Waals surface area contributed by atoms with Crippen molar-refractivity contribution in [2.75, 3.05) is 0 Å². The molecule has 2 heterocycles. The Morgan fingerprint density at radius 3 is 2.44 bits per heavy atom. The quantitative estimate of drug-likeness (QED) is 0.729. The van der Waals surface area contributed by atoms with Crippen LogP contribution in [0.4, 0.5) is 13.2 Å². The molecule has 2 rings (SSSR count). The van der Waals surface area contributed by atoms with Gasteiger partial charge in [-0.15, -0.1) is 0 Å². The van der Waals surface area contributed by atoms with Gasteiger partial charge in [-0.1, -0.05) is 0 Å². The van der Waals surface area contributed by atoms with Crippen LogP contribution in [0.5, 0.6) is 0 Å². The first kappa shape index (κ1) is 13.8. The third-order valence-corrected chi connectivity index (χ3v) is 4.53. The zero-order chi connectivity index (χ0) is 13.7. The molecule has 2 aromatic rings. The molecule has 4 nitrogen and oxygen atoms in total. The second-order valence-corrected chi connectivity index (χ2v) is 6.82. The van der Waals surface area contributed by atoms with Gasteiger partial charge >= 0.3 is 15.5 Å². The number of fused-ring (bicyclic) bond motifs is 1. The van der Waals surface area contributed by atoms with E-state index in [0.29, 0.717) is 4.47 Å². The number of alkyl halides is 3. The van der Waals surface area contributed by atoms with Gasteiger partial charge in [0.1, 0.15) is 0 Å². The van der Waals surface area contributed by atoms with Gasteiger partial charge in [0.05, 0.1) is 0 Å². The topological polar surface area (TPSA) is 52.0 Å². The molecule has 98 valence electrons. The number of rotatable bonds is 1. The minimum Gasteiger partial charge on any atom is -0.236 e. The Bertz CT molecular complexity index is 724. The van der Waals surface area contributed by atoms with Gasteiger partial charge in [0.2, 0.25) is 0 Å². The van der Waals surface area contributed by atoms with Crippen LogP contribution in [0, 0.1) is 0 Å². The minimum absolute atomic E-state index is 0.110. The molecule has 0 aliphatic carbocycles. The van der Waals surface area contributed by atoms with E-state index < -0.39 is 15.5 Å². The first-order valence-corrected chi connectivity index (χ1v) is 7.31. The van der Waals surface area contributed by atoms with Gasteiger partial charge in [-0.3, -0.25) is 0 Å². The lowest BCUT2D eigenvalue weighted by atomic mass is 10.3. The average Bonchev–Trinajstić information content (AvgIpc) is 2.55. The Hall–Kier alpha value is -0.610. The summed E-state index contributed by atoms with van der Waals surface area (Å²) in [5.74, 6) is 0. The van der Waals surface area contributed by atoms with Crippen molar-refractivity contribution in [3.8, 4) is 0 Å². The zero-order valence-electron chi connectivity index (χ0n) is 8.24. The predicted octanol–water partition coefficient (Wildman–Crippen LogP) is 3.26. The third-order valence-electron chi connectivity index (χ3n) is 2.08. The van der Waals surface area contributed by atoms with Gasteiger partial charge < -0.3 is 0 Å². The highest BCUT2D eigenvalue weighted by atomic mass is 79.9. The van der Waals surface area contributed by atoms with Crippen molar-refractivity contribution >= 4 is 52.9 Å². The molecule has 0 spiro atoms. The number of pyridine rings is 1. The molecular weight excluding hydrogens is 405 g/mol. The van der Waals surface area contributed by atoms with Crippen LogP contribution in [-0.4, -0.2) is 22.9 Å². The monoisotopic (exact) mass is 406 g/mol. The van der Waals surface area contributed by atoms with Crippen LogP contribution in [0.3, 0.4) is 0 Å². The number of halogens is 5. The SMILES string of the molecule is O=S(=O)(n1cc(Br)c2cc(Br)cnc21)C(F)(F)F. The molecule has 0 aliphatic heterocycles. The highest BCUT2D eigenvalue weighted by Gasteiger charge is 2.48. The van der Waals surface area contributed by atoms with Gasteiger partial charge in [0.25, 0.3) is 0 Å². The largest absolute Gasteiger partial charge is 0.517 e. The summed E-state index contributed by atoms with van der Waals surface area (Å²) >= 11 is 6.10. The standard InChI is InChI=1S/C8H3Br2F3N2O2S/c9-4-1-5-6(10)3-15(7(5)14-2-4)18(16,17)8(11,12)13/h1-3H. The molecule has 0 saturated heterocycles. The van der Waals surface area contributed by atoms with Crippen molar-refractivity contribution in [3.05, 3.63) is 27.4 Å². The van der Waals surface area contributed by atoms with Crippen LogP contribution in [0.25, 0.3) is 11.0 Å². The number of nitrogens with zero attached hydrogens (tertiary/aromatic N) is 2. The molecule has 0 atom stereocenters. The van der Waals surface area contributed by atoms with Crippen molar-refractivity contribution in [3.63, 3.8) is 0 Å². The molecule has 0 N–H and O–H groups in total. The predicted molar refractivity (Wildman–Crippen MR) is 65.5 cm³/mol. The molecule has 10 heteroatoms. The molecule has 0 aromatic carbocycles. The van der Waals surface area contributed by atoms with E-state index in [2.05, 4.69) is 36.8 Å². The van der Waals surface area contributed by atoms with E-state index >= 15 is 0 Å². The Labute approximate surface area is 116 Å². The fourth-order valence-electron chi connectivity index (χ4n) is 1.31. The van der Waals surface area contributed by atoms with Crippen LogP contribution in [0.2, 0.25) is 0 Å². The van der Waals surface area contributed by atoms with Crippen LogP contribution in [0.1, 0.15) is 0 Å².